The van der Waals surface area contributed by atoms with Crippen molar-refractivity contribution in [3.8, 4) is 0 Å². The van der Waals surface area contributed by atoms with Crippen molar-refractivity contribution in [2.45, 2.75) is 29.1 Å². The Labute approximate surface area is 158 Å². The minimum atomic E-state index is 0.760. The van der Waals surface area contributed by atoms with E-state index in [9.17, 15) is 0 Å². The normalized spacial score (nSPS) is 14.9. The van der Waals surface area contributed by atoms with Gasteiger partial charge in [0.2, 0.25) is 0 Å². The summed E-state index contributed by atoms with van der Waals surface area (Å²) in [4.78, 5) is 4.90. The van der Waals surface area contributed by atoms with Gasteiger partial charge >= 0.3 is 0 Å². The summed E-state index contributed by atoms with van der Waals surface area (Å²) in [6.45, 7) is 4.65. The van der Waals surface area contributed by atoms with Crippen molar-refractivity contribution >= 4 is 40.7 Å². The zero-order valence-corrected chi connectivity index (χ0v) is 15.9. The predicted octanol–water partition coefficient (Wildman–Crippen LogP) is 6.04. The van der Waals surface area contributed by atoms with Crippen molar-refractivity contribution in [1.82, 2.24) is 4.90 Å². The molecule has 0 unspecified atom stereocenters. The Morgan fingerprint density at radius 1 is 0.958 bits per heavy atom. The minimum absolute atomic E-state index is 0.760. The van der Waals surface area contributed by atoms with E-state index in [1.54, 1.807) is 11.8 Å². The number of likely N-dealkylation sites (tertiary alicyclic amines) is 1. The van der Waals surface area contributed by atoms with Crippen LogP contribution < -0.4 is 5.32 Å². The first-order valence-electron chi connectivity index (χ1n) is 8.40. The Morgan fingerprint density at radius 2 is 1.67 bits per heavy atom. The maximum atomic E-state index is 6.18. The van der Waals surface area contributed by atoms with Crippen molar-refractivity contribution in [3.63, 3.8) is 0 Å². The van der Waals surface area contributed by atoms with Gasteiger partial charge in [-0.2, -0.15) is 0 Å². The van der Waals surface area contributed by atoms with Crippen molar-refractivity contribution in [1.29, 1.82) is 0 Å². The zero-order chi connectivity index (χ0) is 16.8. The van der Waals surface area contributed by atoms with Crippen molar-refractivity contribution in [2.75, 3.05) is 31.5 Å². The average Bonchev–Trinajstić information content (AvgIpc) is 3.09. The van der Waals surface area contributed by atoms with Gasteiger partial charge in [-0.3, -0.25) is 0 Å². The second-order valence-electron chi connectivity index (χ2n) is 6.03. The second kappa shape index (κ2) is 9.00. The van der Waals surface area contributed by atoms with Crippen LogP contribution in [0.15, 0.2) is 52.3 Å². The SMILES string of the molecule is Clc1ccc(Sc2ccc(Cl)cc2NCCCN2CCCC2)cc1. The van der Waals surface area contributed by atoms with Crippen LogP contribution in [0, 0.1) is 0 Å². The molecule has 2 nitrogen and oxygen atoms in total. The number of nitrogens with zero attached hydrogens (tertiary/aromatic N) is 1. The third kappa shape index (κ3) is 5.32. The van der Waals surface area contributed by atoms with Crippen LogP contribution in [0.3, 0.4) is 0 Å². The van der Waals surface area contributed by atoms with Gasteiger partial charge < -0.3 is 10.2 Å². The van der Waals surface area contributed by atoms with Crippen LogP contribution in [0.4, 0.5) is 5.69 Å². The number of hydrogen-bond acceptors (Lipinski definition) is 3. The van der Waals surface area contributed by atoms with Gasteiger partial charge in [0, 0.05) is 32.1 Å². The Balaban J connectivity index is 1.58. The molecule has 0 bridgehead atoms. The summed E-state index contributed by atoms with van der Waals surface area (Å²) in [5.41, 5.74) is 1.10. The van der Waals surface area contributed by atoms with Gasteiger partial charge in [0.25, 0.3) is 0 Å². The predicted molar refractivity (Wildman–Crippen MR) is 106 cm³/mol. The summed E-state index contributed by atoms with van der Waals surface area (Å²) in [6, 6.07) is 13.9. The lowest BCUT2D eigenvalue weighted by atomic mass is 10.3. The standard InChI is InChI=1S/C19H22Cl2N2S/c20-15-4-7-17(8-5-15)24-19-9-6-16(21)14-18(19)22-10-3-13-23-11-1-2-12-23/h4-9,14,22H,1-3,10-13H2. The molecule has 0 saturated carbocycles. The van der Waals surface area contributed by atoms with Crippen LogP contribution in [-0.4, -0.2) is 31.1 Å². The molecule has 0 spiro atoms. The van der Waals surface area contributed by atoms with Crippen LogP contribution in [0.2, 0.25) is 10.0 Å². The van der Waals surface area contributed by atoms with E-state index in [4.69, 9.17) is 23.2 Å². The third-order valence-electron chi connectivity index (χ3n) is 4.15. The first-order chi connectivity index (χ1) is 11.7. The fraction of sp³-hybridized carbons (Fsp3) is 0.368. The topological polar surface area (TPSA) is 15.3 Å². The summed E-state index contributed by atoms with van der Waals surface area (Å²) >= 11 is 13.9. The van der Waals surface area contributed by atoms with Crippen LogP contribution in [0.25, 0.3) is 0 Å². The molecular weight excluding hydrogens is 359 g/mol. The number of anilines is 1. The number of hydrogen-bond donors (Lipinski definition) is 1. The number of rotatable bonds is 7. The largest absolute Gasteiger partial charge is 0.384 e. The smallest absolute Gasteiger partial charge is 0.0496 e. The molecule has 24 heavy (non-hydrogen) atoms. The van der Waals surface area contributed by atoms with Crippen LogP contribution in [-0.2, 0) is 0 Å². The lowest BCUT2D eigenvalue weighted by Crippen LogP contribution is -2.22. The lowest BCUT2D eigenvalue weighted by Gasteiger charge is -2.16. The molecule has 128 valence electrons. The molecule has 0 atom stereocenters. The highest BCUT2D eigenvalue weighted by molar-refractivity contribution is 7.99. The first kappa shape index (κ1) is 17.9. The fourth-order valence-electron chi connectivity index (χ4n) is 2.89. The second-order valence-corrected chi connectivity index (χ2v) is 8.01. The molecule has 2 aromatic rings. The molecule has 3 rings (SSSR count). The molecule has 1 fully saturated rings. The third-order valence-corrected chi connectivity index (χ3v) is 5.72. The maximum Gasteiger partial charge on any atom is 0.0496 e. The Hall–Kier alpha value is -0.870. The Kier molecular flexibility index (Phi) is 6.73. The van der Waals surface area contributed by atoms with E-state index in [2.05, 4.69) is 16.3 Å². The van der Waals surface area contributed by atoms with E-state index < -0.39 is 0 Å². The maximum absolute atomic E-state index is 6.18. The summed E-state index contributed by atoms with van der Waals surface area (Å²) in [6.07, 6.45) is 3.85. The highest BCUT2D eigenvalue weighted by Crippen LogP contribution is 2.35. The van der Waals surface area contributed by atoms with Gasteiger partial charge in [0.05, 0.1) is 0 Å². The Bertz CT molecular complexity index is 655. The molecule has 1 heterocycles. The molecule has 1 N–H and O–H groups in total. The minimum Gasteiger partial charge on any atom is -0.384 e. The van der Waals surface area contributed by atoms with Gasteiger partial charge in [0.15, 0.2) is 0 Å². The number of nitrogens with one attached hydrogen (secondary N) is 1. The van der Waals surface area contributed by atoms with E-state index in [1.165, 1.54) is 42.3 Å². The highest BCUT2D eigenvalue weighted by atomic mass is 35.5. The van der Waals surface area contributed by atoms with E-state index >= 15 is 0 Å². The van der Waals surface area contributed by atoms with Crippen molar-refractivity contribution in [3.05, 3.63) is 52.5 Å². The van der Waals surface area contributed by atoms with E-state index in [0.717, 1.165) is 28.7 Å². The summed E-state index contributed by atoms with van der Waals surface area (Å²) in [5.74, 6) is 0. The molecule has 0 amide bonds. The van der Waals surface area contributed by atoms with Gasteiger partial charge in [-0.15, -0.1) is 0 Å². The van der Waals surface area contributed by atoms with Crippen molar-refractivity contribution < 1.29 is 0 Å². The molecule has 1 saturated heterocycles. The van der Waals surface area contributed by atoms with Gasteiger partial charge in [-0.05, 0) is 81.4 Å². The molecule has 0 aliphatic carbocycles. The van der Waals surface area contributed by atoms with E-state index in [1.807, 2.05) is 36.4 Å². The van der Waals surface area contributed by atoms with E-state index in [-0.39, 0.29) is 0 Å². The Morgan fingerprint density at radius 3 is 2.42 bits per heavy atom. The quantitative estimate of drug-likeness (QED) is 0.589. The molecule has 1 aliphatic heterocycles. The van der Waals surface area contributed by atoms with E-state index in [0.29, 0.717) is 0 Å². The molecule has 5 heteroatoms. The summed E-state index contributed by atoms with van der Waals surface area (Å²) in [5, 5.41) is 5.07. The highest BCUT2D eigenvalue weighted by Gasteiger charge is 2.11. The molecule has 2 aromatic carbocycles. The zero-order valence-electron chi connectivity index (χ0n) is 13.6. The van der Waals surface area contributed by atoms with Gasteiger partial charge in [-0.25, -0.2) is 0 Å². The van der Waals surface area contributed by atoms with Crippen LogP contribution >= 0.6 is 35.0 Å². The fourth-order valence-corrected chi connectivity index (χ4v) is 4.09. The molecule has 0 aromatic heterocycles. The number of benzene rings is 2. The van der Waals surface area contributed by atoms with Crippen LogP contribution in [0.1, 0.15) is 19.3 Å². The summed E-state index contributed by atoms with van der Waals surface area (Å²) in [7, 11) is 0. The van der Waals surface area contributed by atoms with Crippen LogP contribution in [0.5, 0.6) is 0 Å². The summed E-state index contributed by atoms with van der Waals surface area (Å²) < 4.78 is 0. The molecular formula is C19H22Cl2N2S. The molecule has 0 radical (unpaired) electrons. The van der Waals surface area contributed by atoms with Gasteiger partial charge in [-0.1, -0.05) is 35.0 Å². The first-order valence-corrected chi connectivity index (χ1v) is 9.97. The average molecular weight is 381 g/mol. The van der Waals surface area contributed by atoms with Gasteiger partial charge in [0.1, 0.15) is 0 Å². The number of halogens is 2. The van der Waals surface area contributed by atoms with Crippen molar-refractivity contribution in [2.24, 2.45) is 0 Å². The lowest BCUT2D eigenvalue weighted by molar-refractivity contribution is 0.337. The monoisotopic (exact) mass is 380 g/mol. The molecule has 1 aliphatic rings.